The van der Waals surface area contributed by atoms with Crippen LogP contribution >= 0.6 is 0 Å². The maximum atomic E-state index is 12.1. The van der Waals surface area contributed by atoms with Crippen molar-refractivity contribution in [2.24, 2.45) is 5.14 Å². The van der Waals surface area contributed by atoms with E-state index < -0.39 is 10.0 Å². The van der Waals surface area contributed by atoms with Gasteiger partial charge in [-0.25, -0.2) is 18.4 Å². The number of urea groups is 1. The van der Waals surface area contributed by atoms with Crippen molar-refractivity contribution in [1.29, 1.82) is 0 Å². The topological polar surface area (TPSA) is 92.5 Å². The molecule has 1 heterocycles. The number of hydrogen-bond acceptors (Lipinski definition) is 3. The van der Waals surface area contributed by atoms with Crippen LogP contribution < -0.4 is 15.4 Å². The average molecular weight is 416 g/mol. The van der Waals surface area contributed by atoms with Gasteiger partial charge in [-0.2, -0.15) is 0 Å². The minimum absolute atomic E-state index is 0.0631. The van der Waals surface area contributed by atoms with Crippen molar-refractivity contribution in [1.82, 2.24) is 5.32 Å². The van der Waals surface area contributed by atoms with Crippen LogP contribution in [0, 0.1) is 0 Å². The summed E-state index contributed by atoms with van der Waals surface area (Å²) >= 11 is 0. The molecule has 0 atom stereocenters. The second kappa shape index (κ2) is 9.41. The number of nitrogens with one attached hydrogen (secondary N) is 1. The molecule has 0 aliphatic carbocycles. The predicted molar refractivity (Wildman–Crippen MR) is 116 cm³/mol. The average Bonchev–Trinajstić information content (AvgIpc) is 3.13. The Hall–Kier alpha value is -2.38. The van der Waals surface area contributed by atoms with Gasteiger partial charge in [0.15, 0.2) is 0 Å². The van der Waals surface area contributed by atoms with Crippen molar-refractivity contribution in [2.75, 3.05) is 18.0 Å². The second-order valence-electron chi connectivity index (χ2n) is 7.47. The summed E-state index contributed by atoms with van der Waals surface area (Å²) in [6.07, 6.45) is 7.18. The molecule has 3 N–H and O–H groups in total. The molecule has 0 aromatic heterocycles. The highest BCUT2D eigenvalue weighted by Gasteiger charge is 2.24. The summed E-state index contributed by atoms with van der Waals surface area (Å²) in [6, 6.07) is 12.6. The monoisotopic (exact) mass is 415 g/mol. The normalized spacial score (nSPS) is 14.3. The van der Waals surface area contributed by atoms with Gasteiger partial charge in [0.2, 0.25) is 10.0 Å². The standard InChI is InChI=1S/C22H29N3O3S/c1-2-3-4-5-6-7-17-8-10-18(11-9-17)20-16-19(25-15-14-24-22(25)26)12-13-21(20)29(23,27)28/h8-13,16H,2-7,14-15H2,1H3,(H,24,26)(H2,23,27,28). The third-order valence-electron chi connectivity index (χ3n) is 5.27. The minimum atomic E-state index is -3.89. The van der Waals surface area contributed by atoms with Gasteiger partial charge < -0.3 is 5.32 Å². The van der Waals surface area contributed by atoms with Gasteiger partial charge in [0.1, 0.15) is 0 Å². The first-order valence-corrected chi connectivity index (χ1v) is 11.8. The molecule has 3 rings (SSSR count). The van der Waals surface area contributed by atoms with Crippen LogP contribution in [-0.2, 0) is 16.4 Å². The van der Waals surface area contributed by atoms with Crippen molar-refractivity contribution in [2.45, 2.75) is 50.3 Å². The lowest BCUT2D eigenvalue weighted by Gasteiger charge is -2.17. The second-order valence-corrected chi connectivity index (χ2v) is 9.00. The van der Waals surface area contributed by atoms with Crippen molar-refractivity contribution in [3.8, 4) is 11.1 Å². The maximum Gasteiger partial charge on any atom is 0.321 e. The number of hydrogen-bond donors (Lipinski definition) is 2. The molecule has 0 bridgehead atoms. The first-order chi connectivity index (χ1) is 13.9. The fraction of sp³-hybridized carbons (Fsp3) is 0.409. The first-order valence-electron chi connectivity index (χ1n) is 10.2. The first kappa shape index (κ1) is 21.3. The highest BCUT2D eigenvalue weighted by Crippen LogP contribution is 2.32. The molecule has 0 saturated carbocycles. The lowest BCUT2D eigenvalue weighted by atomic mass is 10.0. The molecule has 0 radical (unpaired) electrons. The van der Waals surface area contributed by atoms with Crippen molar-refractivity contribution in [3.63, 3.8) is 0 Å². The number of primary sulfonamides is 1. The SMILES string of the molecule is CCCCCCCc1ccc(-c2cc(N3CCNC3=O)ccc2S(N)(=O)=O)cc1. The van der Waals surface area contributed by atoms with Crippen LogP contribution in [0.15, 0.2) is 47.4 Å². The fourth-order valence-electron chi connectivity index (χ4n) is 3.66. The van der Waals surface area contributed by atoms with E-state index >= 15 is 0 Å². The fourth-order valence-corrected chi connectivity index (χ4v) is 4.40. The Labute approximate surface area is 173 Å². The van der Waals surface area contributed by atoms with Crippen LogP contribution in [0.3, 0.4) is 0 Å². The molecule has 1 fully saturated rings. The van der Waals surface area contributed by atoms with Crippen LogP contribution in [0.2, 0.25) is 0 Å². The summed E-state index contributed by atoms with van der Waals surface area (Å²) in [5.41, 5.74) is 3.17. The molecule has 7 heteroatoms. The number of carbonyl (C=O) groups excluding carboxylic acids is 1. The molecule has 2 aromatic rings. The Balaban J connectivity index is 1.84. The smallest absolute Gasteiger partial charge is 0.321 e. The van der Waals surface area contributed by atoms with Crippen LogP contribution in [0.25, 0.3) is 11.1 Å². The molecule has 156 valence electrons. The van der Waals surface area contributed by atoms with E-state index in [9.17, 15) is 13.2 Å². The molecule has 2 amide bonds. The molecule has 0 spiro atoms. The number of nitrogens with two attached hydrogens (primary N) is 1. The molecule has 0 unspecified atom stereocenters. The number of sulfonamides is 1. The van der Waals surface area contributed by atoms with Crippen LogP contribution in [0.4, 0.5) is 10.5 Å². The Kier molecular flexibility index (Phi) is 6.92. The molecule has 6 nitrogen and oxygen atoms in total. The Bertz CT molecular complexity index is 956. The zero-order valence-electron chi connectivity index (χ0n) is 16.9. The van der Waals surface area contributed by atoms with Gasteiger partial charge >= 0.3 is 6.03 Å². The number of rotatable bonds is 9. The quantitative estimate of drug-likeness (QED) is 0.605. The van der Waals surface area contributed by atoms with Gasteiger partial charge in [0.25, 0.3) is 0 Å². The molecule has 1 saturated heterocycles. The highest BCUT2D eigenvalue weighted by molar-refractivity contribution is 7.89. The summed E-state index contributed by atoms with van der Waals surface area (Å²) in [5.74, 6) is 0. The largest absolute Gasteiger partial charge is 0.336 e. The van der Waals surface area contributed by atoms with Gasteiger partial charge in [-0.1, -0.05) is 56.9 Å². The minimum Gasteiger partial charge on any atom is -0.336 e. The number of anilines is 1. The number of unbranched alkanes of at least 4 members (excludes halogenated alkanes) is 4. The molecular weight excluding hydrogens is 386 g/mol. The summed E-state index contributed by atoms with van der Waals surface area (Å²) in [6.45, 7) is 3.32. The lowest BCUT2D eigenvalue weighted by Crippen LogP contribution is -2.27. The van der Waals surface area contributed by atoms with Gasteiger partial charge in [-0.3, -0.25) is 4.90 Å². The third kappa shape index (κ3) is 5.36. The Morgan fingerprint density at radius 1 is 1.03 bits per heavy atom. The predicted octanol–water partition coefficient (Wildman–Crippen LogP) is 4.04. The van der Waals surface area contributed by atoms with Crippen LogP contribution in [0.1, 0.15) is 44.6 Å². The van der Waals surface area contributed by atoms with E-state index in [0.29, 0.717) is 24.3 Å². The number of aryl methyl sites for hydroxylation is 1. The van der Waals surface area contributed by atoms with Gasteiger partial charge in [0.05, 0.1) is 4.90 Å². The lowest BCUT2D eigenvalue weighted by molar-refractivity contribution is 0.252. The van der Waals surface area contributed by atoms with Crippen molar-refractivity contribution >= 4 is 21.7 Å². The maximum absolute atomic E-state index is 12.1. The van der Waals surface area contributed by atoms with E-state index in [1.165, 1.54) is 37.3 Å². The molecular formula is C22H29N3O3S. The molecule has 1 aliphatic heterocycles. The molecule has 2 aromatic carbocycles. The Morgan fingerprint density at radius 3 is 2.38 bits per heavy atom. The third-order valence-corrected chi connectivity index (χ3v) is 6.24. The van der Waals surface area contributed by atoms with E-state index in [1.807, 2.05) is 24.3 Å². The van der Waals surface area contributed by atoms with Crippen molar-refractivity contribution in [3.05, 3.63) is 48.0 Å². The van der Waals surface area contributed by atoms with Crippen LogP contribution in [0.5, 0.6) is 0 Å². The summed E-state index contributed by atoms with van der Waals surface area (Å²) in [4.78, 5) is 13.6. The number of amides is 2. The molecule has 1 aliphatic rings. The zero-order valence-corrected chi connectivity index (χ0v) is 17.7. The van der Waals surface area contributed by atoms with Crippen LogP contribution in [-0.4, -0.2) is 27.5 Å². The van der Waals surface area contributed by atoms with E-state index in [1.54, 1.807) is 17.0 Å². The van der Waals surface area contributed by atoms with E-state index in [-0.39, 0.29) is 10.9 Å². The van der Waals surface area contributed by atoms with Gasteiger partial charge in [0, 0.05) is 24.3 Å². The number of nitrogens with zero attached hydrogens (tertiary/aromatic N) is 1. The summed E-state index contributed by atoms with van der Waals surface area (Å²) in [7, 11) is -3.89. The van der Waals surface area contributed by atoms with E-state index in [2.05, 4.69) is 12.2 Å². The highest BCUT2D eigenvalue weighted by atomic mass is 32.2. The zero-order chi connectivity index (χ0) is 20.9. The van der Waals surface area contributed by atoms with E-state index in [0.717, 1.165) is 18.4 Å². The summed E-state index contributed by atoms with van der Waals surface area (Å²) < 4.78 is 24.2. The van der Waals surface area contributed by atoms with Gasteiger partial charge in [-0.05, 0) is 42.2 Å². The molecule has 29 heavy (non-hydrogen) atoms. The summed E-state index contributed by atoms with van der Waals surface area (Å²) in [5, 5.41) is 8.20. The Morgan fingerprint density at radius 2 is 1.76 bits per heavy atom. The van der Waals surface area contributed by atoms with Gasteiger partial charge in [-0.15, -0.1) is 0 Å². The number of carbonyl (C=O) groups is 1. The van der Waals surface area contributed by atoms with Crippen molar-refractivity contribution < 1.29 is 13.2 Å². The van der Waals surface area contributed by atoms with E-state index in [4.69, 9.17) is 5.14 Å². The number of benzene rings is 2.